The predicted molar refractivity (Wildman–Crippen MR) is 82.7 cm³/mol. The minimum Gasteiger partial charge on any atom is -0.352 e. The lowest BCUT2D eigenvalue weighted by atomic mass is 9.94. The van der Waals surface area contributed by atoms with Crippen molar-refractivity contribution in [3.8, 4) is 0 Å². The normalized spacial score (nSPS) is 20.9. The van der Waals surface area contributed by atoms with Gasteiger partial charge in [0.2, 0.25) is 5.91 Å². The molecule has 1 aromatic heterocycles. The van der Waals surface area contributed by atoms with Gasteiger partial charge in [-0.1, -0.05) is 20.8 Å². The van der Waals surface area contributed by atoms with Crippen molar-refractivity contribution in [1.29, 1.82) is 0 Å². The van der Waals surface area contributed by atoms with Gasteiger partial charge in [0.15, 0.2) is 0 Å². The number of piperidine rings is 1. The fraction of sp³-hybridized carbons (Fsp3) is 0.733. The number of amides is 1. The third kappa shape index (κ3) is 4.28. The van der Waals surface area contributed by atoms with E-state index in [-0.39, 0.29) is 17.4 Å². The van der Waals surface area contributed by atoms with Gasteiger partial charge in [-0.3, -0.25) is 9.69 Å². The average Bonchev–Trinajstić information content (AvgIpc) is 2.74. The Kier molecular flexibility index (Phi) is 4.81. The standard InChI is InChI=1S/C15H25N3OS/c1-11-16-13(10-20-11)9-18-7-5-6-12(8-18)17-14(19)15(2,3)4/h10,12H,5-9H2,1-4H3,(H,17,19). The molecule has 0 radical (unpaired) electrons. The van der Waals surface area contributed by atoms with Crippen LogP contribution in [-0.2, 0) is 11.3 Å². The van der Waals surface area contributed by atoms with E-state index < -0.39 is 0 Å². The molecule has 0 aromatic carbocycles. The molecule has 1 amide bonds. The summed E-state index contributed by atoms with van der Waals surface area (Å²) in [6, 6.07) is 0.273. The molecule has 0 aliphatic carbocycles. The van der Waals surface area contributed by atoms with Crippen molar-refractivity contribution in [1.82, 2.24) is 15.2 Å². The molecule has 2 rings (SSSR count). The first-order chi connectivity index (χ1) is 9.34. The SMILES string of the molecule is Cc1nc(CN2CCCC(NC(=O)C(C)(C)C)C2)cs1. The topological polar surface area (TPSA) is 45.2 Å². The Labute approximate surface area is 125 Å². The maximum Gasteiger partial charge on any atom is 0.225 e. The van der Waals surface area contributed by atoms with Crippen molar-refractivity contribution in [2.24, 2.45) is 5.41 Å². The zero-order valence-corrected chi connectivity index (χ0v) is 13.7. The van der Waals surface area contributed by atoms with Gasteiger partial charge in [0.05, 0.1) is 10.7 Å². The average molecular weight is 295 g/mol. The van der Waals surface area contributed by atoms with Crippen molar-refractivity contribution in [3.63, 3.8) is 0 Å². The van der Waals surface area contributed by atoms with Gasteiger partial charge in [0.1, 0.15) is 0 Å². The lowest BCUT2D eigenvalue weighted by molar-refractivity contribution is -0.129. The summed E-state index contributed by atoms with van der Waals surface area (Å²) < 4.78 is 0. The predicted octanol–water partition coefficient (Wildman–Crippen LogP) is 2.58. The Balaban J connectivity index is 1.87. The van der Waals surface area contributed by atoms with Crippen LogP contribution in [0.2, 0.25) is 0 Å². The minimum atomic E-state index is -0.311. The zero-order valence-electron chi connectivity index (χ0n) is 12.9. The summed E-state index contributed by atoms with van der Waals surface area (Å²) >= 11 is 1.70. The Morgan fingerprint density at radius 2 is 2.30 bits per heavy atom. The molecule has 1 aliphatic rings. The van der Waals surface area contributed by atoms with Crippen LogP contribution in [0.1, 0.15) is 44.3 Å². The largest absolute Gasteiger partial charge is 0.352 e. The summed E-state index contributed by atoms with van der Waals surface area (Å²) in [6.07, 6.45) is 2.21. The lowest BCUT2D eigenvalue weighted by Gasteiger charge is -2.34. The number of nitrogens with zero attached hydrogens (tertiary/aromatic N) is 2. The number of hydrogen-bond donors (Lipinski definition) is 1. The van der Waals surface area contributed by atoms with Crippen LogP contribution in [0.25, 0.3) is 0 Å². The van der Waals surface area contributed by atoms with E-state index in [2.05, 4.69) is 20.6 Å². The Morgan fingerprint density at radius 1 is 1.55 bits per heavy atom. The van der Waals surface area contributed by atoms with Gasteiger partial charge < -0.3 is 5.32 Å². The number of carbonyl (C=O) groups is 1. The molecule has 112 valence electrons. The highest BCUT2D eigenvalue weighted by Gasteiger charge is 2.27. The maximum absolute atomic E-state index is 12.1. The molecular formula is C15H25N3OS. The van der Waals surface area contributed by atoms with E-state index in [1.165, 1.54) is 0 Å². The highest BCUT2D eigenvalue weighted by atomic mass is 32.1. The van der Waals surface area contributed by atoms with E-state index in [0.29, 0.717) is 0 Å². The van der Waals surface area contributed by atoms with Gasteiger partial charge >= 0.3 is 0 Å². The van der Waals surface area contributed by atoms with Crippen LogP contribution in [0.4, 0.5) is 0 Å². The van der Waals surface area contributed by atoms with Crippen LogP contribution in [0.3, 0.4) is 0 Å². The number of likely N-dealkylation sites (tertiary alicyclic amines) is 1. The lowest BCUT2D eigenvalue weighted by Crippen LogP contribution is -2.50. The zero-order chi connectivity index (χ0) is 14.8. The smallest absolute Gasteiger partial charge is 0.225 e. The molecule has 1 N–H and O–H groups in total. The van der Waals surface area contributed by atoms with Crippen molar-refractivity contribution >= 4 is 17.2 Å². The number of rotatable bonds is 3. The third-order valence-electron chi connectivity index (χ3n) is 3.57. The van der Waals surface area contributed by atoms with Gasteiger partial charge in [-0.2, -0.15) is 0 Å². The van der Waals surface area contributed by atoms with Crippen LogP contribution in [0.5, 0.6) is 0 Å². The van der Waals surface area contributed by atoms with E-state index in [4.69, 9.17) is 0 Å². The van der Waals surface area contributed by atoms with Gasteiger partial charge in [0.25, 0.3) is 0 Å². The summed E-state index contributed by atoms with van der Waals surface area (Å²) in [4.78, 5) is 19.0. The number of nitrogens with one attached hydrogen (secondary N) is 1. The van der Waals surface area contributed by atoms with Crippen LogP contribution in [-0.4, -0.2) is 34.9 Å². The van der Waals surface area contributed by atoms with Crippen LogP contribution in [0, 0.1) is 12.3 Å². The highest BCUT2D eigenvalue weighted by molar-refractivity contribution is 7.09. The second kappa shape index (κ2) is 6.22. The first kappa shape index (κ1) is 15.4. The van der Waals surface area contributed by atoms with Gasteiger partial charge in [-0.05, 0) is 26.3 Å². The molecule has 1 unspecified atom stereocenters. The summed E-state index contributed by atoms with van der Waals surface area (Å²) in [5.41, 5.74) is 0.837. The van der Waals surface area contributed by atoms with Gasteiger partial charge in [0, 0.05) is 29.9 Å². The fourth-order valence-corrected chi connectivity index (χ4v) is 3.03. The highest BCUT2D eigenvalue weighted by Crippen LogP contribution is 2.18. The summed E-state index contributed by atoms with van der Waals surface area (Å²) in [5.74, 6) is 0.147. The molecule has 0 saturated carbocycles. The van der Waals surface area contributed by atoms with Crippen LogP contribution >= 0.6 is 11.3 Å². The van der Waals surface area contributed by atoms with E-state index in [9.17, 15) is 4.79 Å². The Bertz CT molecular complexity index is 464. The van der Waals surface area contributed by atoms with Crippen LogP contribution < -0.4 is 5.32 Å². The van der Waals surface area contributed by atoms with E-state index in [1.807, 2.05) is 27.7 Å². The Morgan fingerprint density at radius 3 is 2.90 bits per heavy atom. The second-order valence-corrected chi connectivity index (χ2v) is 7.72. The molecule has 1 aromatic rings. The molecule has 1 saturated heterocycles. The van der Waals surface area contributed by atoms with Crippen molar-refractivity contribution in [2.45, 2.75) is 53.1 Å². The molecule has 2 heterocycles. The molecule has 1 fully saturated rings. The van der Waals surface area contributed by atoms with Crippen molar-refractivity contribution in [2.75, 3.05) is 13.1 Å². The number of hydrogen-bond acceptors (Lipinski definition) is 4. The van der Waals surface area contributed by atoms with E-state index in [1.54, 1.807) is 11.3 Å². The number of thiazole rings is 1. The molecule has 1 aliphatic heterocycles. The molecule has 5 heteroatoms. The molecule has 0 spiro atoms. The number of aromatic nitrogens is 1. The van der Waals surface area contributed by atoms with Crippen molar-refractivity contribution in [3.05, 3.63) is 16.1 Å². The summed E-state index contributed by atoms with van der Waals surface area (Å²) in [6.45, 7) is 10.8. The Hall–Kier alpha value is -0.940. The maximum atomic E-state index is 12.1. The number of carbonyl (C=O) groups excluding carboxylic acids is 1. The molecule has 4 nitrogen and oxygen atoms in total. The molecule has 20 heavy (non-hydrogen) atoms. The summed E-state index contributed by atoms with van der Waals surface area (Å²) in [5, 5.41) is 6.43. The second-order valence-electron chi connectivity index (χ2n) is 6.66. The van der Waals surface area contributed by atoms with Gasteiger partial charge in [-0.25, -0.2) is 4.98 Å². The first-order valence-electron chi connectivity index (χ1n) is 7.29. The third-order valence-corrected chi connectivity index (χ3v) is 4.40. The minimum absolute atomic E-state index is 0.147. The molecule has 0 bridgehead atoms. The fourth-order valence-electron chi connectivity index (χ4n) is 2.43. The van der Waals surface area contributed by atoms with Crippen LogP contribution in [0.15, 0.2) is 5.38 Å². The first-order valence-corrected chi connectivity index (χ1v) is 8.17. The summed E-state index contributed by atoms with van der Waals surface area (Å²) in [7, 11) is 0. The molecule has 1 atom stereocenters. The quantitative estimate of drug-likeness (QED) is 0.932. The number of aryl methyl sites for hydroxylation is 1. The van der Waals surface area contributed by atoms with Crippen molar-refractivity contribution < 1.29 is 4.79 Å². The molecular weight excluding hydrogens is 270 g/mol. The monoisotopic (exact) mass is 295 g/mol. The van der Waals surface area contributed by atoms with E-state index >= 15 is 0 Å². The van der Waals surface area contributed by atoms with E-state index in [0.717, 1.165) is 43.2 Å². The van der Waals surface area contributed by atoms with Gasteiger partial charge in [-0.15, -0.1) is 11.3 Å².